The Kier molecular flexibility index (Phi) is 4.77. The molecule has 2 heterocycles. The van der Waals surface area contributed by atoms with Crippen LogP contribution in [0.3, 0.4) is 0 Å². The summed E-state index contributed by atoms with van der Waals surface area (Å²) in [4.78, 5) is 4.11. The van der Waals surface area contributed by atoms with E-state index in [4.69, 9.17) is 4.74 Å². The van der Waals surface area contributed by atoms with Gasteiger partial charge in [0.05, 0.1) is 36.1 Å². The number of nitrogens with one attached hydrogen (secondary N) is 1. The Balaban J connectivity index is 1.72. The number of pyridine rings is 1. The highest BCUT2D eigenvalue weighted by molar-refractivity contribution is 7.89. The molecule has 0 aliphatic rings. The minimum atomic E-state index is -3.65. The normalized spacial score (nSPS) is 11.4. The van der Waals surface area contributed by atoms with Gasteiger partial charge in [0.15, 0.2) is 0 Å². The van der Waals surface area contributed by atoms with Crippen LogP contribution in [-0.2, 0) is 16.6 Å². The summed E-state index contributed by atoms with van der Waals surface area (Å²) >= 11 is 0. The summed E-state index contributed by atoms with van der Waals surface area (Å²) in [6.07, 6.45) is 4.95. The van der Waals surface area contributed by atoms with Crippen molar-refractivity contribution in [2.75, 3.05) is 7.11 Å². The Morgan fingerprint density at radius 3 is 2.64 bits per heavy atom. The first-order valence-corrected chi connectivity index (χ1v) is 8.94. The van der Waals surface area contributed by atoms with Crippen LogP contribution in [0.25, 0.3) is 5.69 Å². The fourth-order valence-electron chi connectivity index (χ4n) is 2.27. The number of hydrogen-bond acceptors (Lipinski definition) is 6. The first kappa shape index (κ1) is 17.1. The second-order valence-electron chi connectivity index (χ2n) is 5.32. The summed E-state index contributed by atoms with van der Waals surface area (Å²) in [5.41, 5.74) is 2.04. The smallest absolute Gasteiger partial charge is 0.240 e. The second kappa shape index (κ2) is 6.99. The number of aromatic nitrogens is 4. The molecule has 0 saturated carbocycles. The molecule has 0 spiro atoms. The summed E-state index contributed by atoms with van der Waals surface area (Å²) in [6, 6.07) is 8.26. The summed E-state index contributed by atoms with van der Waals surface area (Å²) in [7, 11) is -2.11. The van der Waals surface area contributed by atoms with Crippen LogP contribution in [0.5, 0.6) is 5.75 Å². The average Bonchev–Trinajstić information content (AvgIpc) is 3.10. The lowest BCUT2D eigenvalue weighted by Crippen LogP contribution is -2.23. The van der Waals surface area contributed by atoms with E-state index in [2.05, 4.69) is 20.0 Å². The fraction of sp³-hybridized carbons (Fsp3) is 0.188. The molecule has 0 atom stereocenters. The predicted octanol–water partition coefficient (Wildman–Crippen LogP) is 1.46. The second-order valence-corrected chi connectivity index (χ2v) is 7.08. The van der Waals surface area contributed by atoms with Gasteiger partial charge in [-0.05, 0) is 42.8 Å². The molecular formula is C16H17N5O3S. The Hall–Kier alpha value is -2.78. The largest absolute Gasteiger partial charge is 0.496 e. The Labute approximate surface area is 145 Å². The van der Waals surface area contributed by atoms with E-state index < -0.39 is 10.0 Å². The molecule has 0 fully saturated rings. The summed E-state index contributed by atoms with van der Waals surface area (Å²) in [5, 5.41) is 7.96. The van der Waals surface area contributed by atoms with Crippen LogP contribution >= 0.6 is 0 Å². The minimum absolute atomic E-state index is 0.0402. The molecule has 1 N–H and O–H groups in total. The van der Waals surface area contributed by atoms with Gasteiger partial charge < -0.3 is 4.74 Å². The molecule has 2 aromatic heterocycles. The molecule has 8 nitrogen and oxygen atoms in total. The van der Waals surface area contributed by atoms with Crippen molar-refractivity contribution >= 4 is 10.0 Å². The number of benzene rings is 1. The monoisotopic (exact) mass is 359 g/mol. The Morgan fingerprint density at radius 2 is 1.96 bits per heavy atom. The minimum Gasteiger partial charge on any atom is -0.496 e. The zero-order valence-electron chi connectivity index (χ0n) is 13.7. The molecule has 0 saturated heterocycles. The van der Waals surface area contributed by atoms with Crippen molar-refractivity contribution in [1.29, 1.82) is 0 Å². The standard InChI is InChI=1S/C16H17N5O3S/c1-12-9-15(3-4-16(12)24-2)25(22,23)18-10-13-11-21(20-19-13)14-5-7-17-8-6-14/h3-9,11,18H,10H2,1-2H3. The third kappa shape index (κ3) is 3.83. The van der Waals surface area contributed by atoms with Crippen LogP contribution in [0.15, 0.2) is 53.8 Å². The zero-order chi connectivity index (χ0) is 17.9. The summed E-state index contributed by atoms with van der Waals surface area (Å²) < 4.78 is 34.1. The third-order valence-electron chi connectivity index (χ3n) is 3.59. The van der Waals surface area contributed by atoms with Crippen molar-refractivity contribution in [3.63, 3.8) is 0 Å². The van der Waals surface area contributed by atoms with Gasteiger partial charge in [-0.2, -0.15) is 0 Å². The number of hydrogen-bond donors (Lipinski definition) is 1. The predicted molar refractivity (Wildman–Crippen MR) is 90.9 cm³/mol. The third-order valence-corrected chi connectivity index (χ3v) is 4.99. The zero-order valence-corrected chi connectivity index (χ0v) is 14.6. The molecule has 0 aliphatic carbocycles. The van der Waals surface area contributed by atoms with Crippen molar-refractivity contribution in [2.45, 2.75) is 18.4 Å². The van der Waals surface area contributed by atoms with Crippen molar-refractivity contribution in [1.82, 2.24) is 24.7 Å². The van der Waals surface area contributed by atoms with E-state index in [0.29, 0.717) is 11.4 Å². The van der Waals surface area contributed by atoms with Gasteiger partial charge in [-0.1, -0.05) is 5.21 Å². The van der Waals surface area contributed by atoms with Gasteiger partial charge in [-0.15, -0.1) is 5.10 Å². The molecule has 0 radical (unpaired) electrons. The molecule has 0 amide bonds. The molecule has 0 unspecified atom stereocenters. The van der Waals surface area contributed by atoms with E-state index >= 15 is 0 Å². The van der Waals surface area contributed by atoms with Gasteiger partial charge in [-0.3, -0.25) is 4.98 Å². The number of nitrogens with zero attached hydrogens (tertiary/aromatic N) is 4. The van der Waals surface area contributed by atoms with Gasteiger partial charge in [0.1, 0.15) is 5.75 Å². The van der Waals surface area contributed by atoms with Crippen LogP contribution in [0, 0.1) is 6.92 Å². The molecular weight excluding hydrogens is 342 g/mol. The quantitative estimate of drug-likeness (QED) is 0.715. The van der Waals surface area contributed by atoms with Gasteiger partial charge in [0.25, 0.3) is 0 Å². The SMILES string of the molecule is COc1ccc(S(=O)(=O)NCc2cn(-c3ccncc3)nn2)cc1C. The molecule has 3 aromatic rings. The highest BCUT2D eigenvalue weighted by Crippen LogP contribution is 2.21. The molecule has 130 valence electrons. The van der Waals surface area contributed by atoms with E-state index in [0.717, 1.165) is 11.3 Å². The molecule has 25 heavy (non-hydrogen) atoms. The van der Waals surface area contributed by atoms with Gasteiger partial charge in [0, 0.05) is 12.4 Å². The maximum absolute atomic E-state index is 12.4. The van der Waals surface area contributed by atoms with E-state index in [1.165, 1.54) is 6.07 Å². The topological polar surface area (TPSA) is 99.0 Å². The molecule has 9 heteroatoms. The summed E-state index contributed by atoms with van der Waals surface area (Å²) in [6.45, 7) is 1.83. The van der Waals surface area contributed by atoms with Crippen LogP contribution in [0.2, 0.25) is 0 Å². The molecule has 0 aliphatic heterocycles. The van der Waals surface area contributed by atoms with Crippen molar-refractivity contribution in [2.24, 2.45) is 0 Å². The summed E-state index contributed by atoms with van der Waals surface area (Å²) in [5.74, 6) is 0.638. The molecule has 3 rings (SSSR count). The molecule has 1 aromatic carbocycles. The van der Waals surface area contributed by atoms with Crippen molar-refractivity contribution < 1.29 is 13.2 Å². The lowest BCUT2D eigenvalue weighted by Gasteiger charge is -2.08. The van der Waals surface area contributed by atoms with Crippen molar-refractivity contribution in [3.05, 3.63) is 60.2 Å². The Bertz CT molecular complexity index is 970. The van der Waals surface area contributed by atoms with E-state index in [1.807, 2.05) is 0 Å². The number of methoxy groups -OCH3 is 1. The van der Waals surface area contributed by atoms with Crippen LogP contribution in [0.1, 0.15) is 11.3 Å². The average molecular weight is 359 g/mol. The van der Waals surface area contributed by atoms with E-state index in [9.17, 15) is 8.42 Å². The van der Waals surface area contributed by atoms with Crippen LogP contribution < -0.4 is 9.46 Å². The number of sulfonamides is 1. The number of ether oxygens (including phenoxy) is 1. The van der Waals surface area contributed by atoms with Crippen molar-refractivity contribution in [3.8, 4) is 11.4 Å². The van der Waals surface area contributed by atoms with Crippen LogP contribution in [0.4, 0.5) is 0 Å². The fourth-order valence-corrected chi connectivity index (χ4v) is 3.36. The maximum Gasteiger partial charge on any atom is 0.240 e. The molecule has 0 bridgehead atoms. The van der Waals surface area contributed by atoms with Gasteiger partial charge in [0.2, 0.25) is 10.0 Å². The number of aryl methyl sites for hydroxylation is 1. The lowest BCUT2D eigenvalue weighted by molar-refractivity contribution is 0.411. The van der Waals surface area contributed by atoms with Gasteiger partial charge in [-0.25, -0.2) is 17.8 Å². The maximum atomic E-state index is 12.4. The first-order valence-electron chi connectivity index (χ1n) is 7.45. The van der Waals surface area contributed by atoms with Gasteiger partial charge >= 0.3 is 0 Å². The van der Waals surface area contributed by atoms with Crippen LogP contribution in [-0.4, -0.2) is 35.5 Å². The lowest BCUT2D eigenvalue weighted by atomic mass is 10.2. The number of rotatable bonds is 6. The highest BCUT2D eigenvalue weighted by atomic mass is 32.2. The first-order chi connectivity index (χ1) is 12.0. The van der Waals surface area contributed by atoms with E-state index in [-0.39, 0.29) is 11.4 Å². The highest BCUT2D eigenvalue weighted by Gasteiger charge is 2.16. The van der Waals surface area contributed by atoms with E-state index in [1.54, 1.807) is 61.6 Å². The Morgan fingerprint density at radius 1 is 1.20 bits per heavy atom.